The molecule has 1 aliphatic rings. The molecular weight excluding hydrogens is 184 g/mol. The van der Waals surface area contributed by atoms with E-state index in [1.165, 1.54) is 30.4 Å². The summed E-state index contributed by atoms with van der Waals surface area (Å²) < 4.78 is 0. The van der Waals surface area contributed by atoms with Crippen molar-refractivity contribution in [2.45, 2.75) is 45.7 Å². The number of aryl methyl sites for hydroxylation is 1. The van der Waals surface area contributed by atoms with E-state index in [1.54, 1.807) is 0 Å². The summed E-state index contributed by atoms with van der Waals surface area (Å²) in [5, 5.41) is 3.66. The summed E-state index contributed by atoms with van der Waals surface area (Å²) in [6, 6.07) is 2.83. The fourth-order valence-corrected chi connectivity index (χ4v) is 2.08. The van der Waals surface area contributed by atoms with E-state index in [1.807, 2.05) is 12.4 Å². The highest BCUT2D eigenvalue weighted by atomic mass is 14.9. The van der Waals surface area contributed by atoms with Gasteiger partial charge in [-0.1, -0.05) is 6.92 Å². The van der Waals surface area contributed by atoms with Crippen LogP contribution in [0.3, 0.4) is 0 Å². The number of nitrogens with one attached hydrogen (secondary N) is 1. The first kappa shape index (κ1) is 10.6. The van der Waals surface area contributed by atoms with Gasteiger partial charge in [0.15, 0.2) is 0 Å². The Bertz CT molecular complexity index is 318. The number of aromatic nitrogens is 1. The predicted molar refractivity (Wildman–Crippen MR) is 62.6 cm³/mol. The van der Waals surface area contributed by atoms with Crippen molar-refractivity contribution < 1.29 is 0 Å². The van der Waals surface area contributed by atoms with E-state index in [2.05, 4.69) is 30.2 Å². The van der Waals surface area contributed by atoms with Gasteiger partial charge in [0.05, 0.1) is 0 Å². The zero-order chi connectivity index (χ0) is 10.7. The first-order valence-electron chi connectivity index (χ1n) is 5.94. The van der Waals surface area contributed by atoms with E-state index in [9.17, 15) is 0 Å². The Morgan fingerprint density at radius 1 is 1.53 bits per heavy atom. The largest absolute Gasteiger partial charge is 0.310 e. The molecule has 15 heavy (non-hydrogen) atoms. The van der Waals surface area contributed by atoms with Gasteiger partial charge in [0.25, 0.3) is 0 Å². The second-order valence-electron chi connectivity index (χ2n) is 4.54. The number of rotatable bonds is 5. The molecule has 82 valence electrons. The zero-order valence-electron chi connectivity index (χ0n) is 9.66. The molecule has 0 aromatic carbocycles. The van der Waals surface area contributed by atoms with Crippen molar-refractivity contribution in [3.63, 3.8) is 0 Å². The second-order valence-corrected chi connectivity index (χ2v) is 4.54. The van der Waals surface area contributed by atoms with Crippen LogP contribution in [0, 0.1) is 12.8 Å². The standard InChI is InChI=1S/C13H20N2/c1-3-13(11-4-5-11)15-9-12-6-7-14-8-10(12)2/h6-8,11,13,15H,3-5,9H2,1-2H3. The maximum Gasteiger partial charge on any atom is 0.0300 e. The Kier molecular flexibility index (Phi) is 3.37. The van der Waals surface area contributed by atoms with E-state index >= 15 is 0 Å². The lowest BCUT2D eigenvalue weighted by molar-refractivity contribution is 0.448. The lowest BCUT2D eigenvalue weighted by atomic mass is 10.1. The van der Waals surface area contributed by atoms with Crippen LogP contribution >= 0.6 is 0 Å². The number of hydrogen-bond donors (Lipinski definition) is 1. The third-order valence-electron chi connectivity index (χ3n) is 3.32. The van der Waals surface area contributed by atoms with Gasteiger partial charge in [-0.05, 0) is 49.3 Å². The number of pyridine rings is 1. The fraction of sp³-hybridized carbons (Fsp3) is 0.615. The molecule has 1 atom stereocenters. The van der Waals surface area contributed by atoms with Gasteiger partial charge in [-0.15, -0.1) is 0 Å². The number of hydrogen-bond acceptors (Lipinski definition) is 2. The maximum absolute atomic E-state index is 4.11. The molecule has 1 saturated carbocycles. The topological polar surface area (TPSA) is 24.9 Å². The molecule has 1 N–H and O–H groups in total. The molecular formula is C13H20N2. The molecule has 0 amide bonds. The van der Waals surface area contributed by atoms with Crippen molar-refractivity contribution in [3.05, 3.63) is 29.6 Å². The van der Waals surface area contributed by atoms with E-state index in [4.69, 9.17) is 0 Å². The highest BCUT2D eigenvalue weighted by molar-refractivity contribution is 5.21. The molecule has 2 heteroatoms. The Labute approximate surface area is 92.1 Å². The molecule has 2 nitrogen and oxygen atoms in total. The summed E-state index contributed by atoms with van der Waals surface area (Å²) >= 11 is 0. The van der Waals surface area contributed by atoms with Crippen LogP contribution in [0.1, 0.15) is 37.3 Å². The van der Waals surface area contributed by atoms with Gasteiger partial charge >= 0.3 is 0 Å². The van der Waals surface area contributed by atoms with Crippen LogP contribution in [0.15, 0.2) is 18.5 Å². The van der Waals surface area contributed by atoms with Gasteiger partial charge < -0.3 is 5.32 Å². The summed E-state index contributed by atoms with van der Waals surface area (Å²) in [4.78, 5) is 4.11. The van der Waals surface area contributed by atoms with Crippen molar-refractivity contribution in [2.24, 2.45) is 5.92 Å². The number of nitrogens with zero attached hydrogens (tertiary/aromatic N) is 1. The molecule has 1 unspecified atom stereocenters. The molecule has 0 spiro atoms. The van der Waals surface area contributed by atoms with E-state index in [0.29, 0.717) is 0 Å². The van der Waals surface area contributed by atoms with Crippen molar-refractivity contribution >= 4 is 0 Å². The van der Waals surface area contributed by atoms with Crippen LogP contribution in [0.4, 0.5) is 0 Å². The van der Waals surface area contributed by atoms with Crippen molar-refractivity contribution in [1.82, 2.24) is 10.3 Å². The van der Waals surface area contributed by atoms with Crippen molar-refractivity contribution in [1.29, 1.82) is 0 Å². The minimum Gasteiger partial charge on any atom is -0.310 e. The molecule has 1 aromatic rings. The summed E-state index contributed by atoms with van der Waals surface area (Å²) in [5.74, 6) is 0.942. The first-order valence-corrected chi connectivity index (χ1v) is 5.94. The molecule has 1 aromatic heterocycles. The van der Waals surface area contributed by atoms with Crippen molar-refractivity contribution in [3.8, 4) is 0 Å². The lowest BCUT2D eigenvalue weighted by Crippen LogP contribution is -2.30. The summed E-state index contributed by atoms with van der Waals surface area (Å²) in [7, 11) is 0. The third kappa shape index (κ3) is 2.78. The molecule has 1 aliphatic carbocycles. The van der Waals surface area contributed by atoms with Crippen LogP contribution in [0.2, 0.25) is 0 Å². The van der Waals surface area contributed by atoms with Gasteiger partial charge in [0.2, 0.25) is 0 Å². The average Bonchev–Trinajstić information content (AvgIpc) is 3.06. The quantitative estimate of drug-likeness (QED) is 0.797. The van der Waals surface area contributed by atoms with E-state index < -0.39 is 0 Å². The molecule has 1 heterocycles. The van der Waals surface area contributed by atoms with Crippen LogP contribution in [0.5, 0.6) is 0 Å². The minimum atomic E-state index is 0.720. The molecule has 0 bridgehead atoms. The smallest absolute Gasteiger partial charge is 0.0300 e. The summed E-state index contributed by atoms with van der Waals surface area (Å²) in [5.41, 5.74) is 2.67. The predicted octanol–water partition coefficient (Wildman–Crippen LogP) is 2.67. The average molecular weight is 204 g/mol. The Morgan fingerprint density at radius 2 is 2.33 bits per heavy atom. The Balaban J connectivity index is 1.89. The highest BCUT2D eigenvalue weighted by Crippen LogP contribution is 2.34. The van der Waals surface area contributed by atoms with Crippen LogP contribution in [0.25, 0.3) is 0 Å². The Morgan fingerprint density at radius 3 is 2.93 bits per heavy atom. The normalized spacial score (nSPS) is 17.7. The van der Waals surface area contributed by atoms with Crippen molar-refractivity contribution in [2.75, 3.05) is 0 Å². The van der Waals surface area contributed by atoms with Gasteiger partial charge in [-0.2, -0.15) is 0 Å². The van der Waals surface area contributed by atoms with Crippen LogP contribution in [-0.2, 0) is 6.54 Å². The Hall–Kier alpha value is -0.890. The molecule has 2 rings (SSSR count). The second kappa shape index (κ2) is 4.75. The first-order chi connectivity index (χ1) is 7.31. The monoisotopic (exact) mass is 204 g/mol. The van der Waals surface area contributed by atoms with Crippen LogP contribution < -0.4 is 5.32 Å². The van der Waals surface area contributed by atoms with Crippen LogP contribution in [-0.4, -0.2) is 11.0 Å². The van der Waals surface area contributed by atoms with E-state index in [-0.39, 0.29) is 0 Å². The molecule has 0 saturated heterocycles. The summed E-state index contributed by atoms with van der Waals surface area (Å²) in [6.07, 6.45) is 7.90. The fourth-order valence-electron chi connectivity index (χ4n) is 2.08. The van der Waals surface area contributed by atoms with E-state index in [0.717, 1.165) is 18.5 Å². The molecule has 0 aliphatic heterocycles. The SMILES string of the molecule is CCC(NCc1ccncc1C)C1CC1. The summed E-state index contributed by atoms with van der Waals surface area (Å²) in [6.45, 7) is 5.39. The van der Waals surface area contributed by atoms with Gasteiger partial charge in [-0.25, -0.2) is 0 Å². The van der Waals surface area contributed by atoms with Gasteiger partial charge in [-0.3, -0.25) is 4.98 Å². The zero-order valence-corrected chi connectivity index (χ0v) is 9.66. The third-order valence-corrected chi connectivity index (χ3v) is 3.32. The lowest BCUT2D eigenvalue weighted by Gasteiger charge is -2.16. The molecule has 1 fully saturated rings. The van der Waals surface area contributed by atoms with Gasteiger partial charge in [0.1, 0.15) is 0 Å². The molecule has 0 radical (unpaired) electrons. The maximum atomic E-state index is 4.11. The minimum absolute atomic E-state index is 0.720. The van der Waals surface area contributed by atoms with Gasteiger partial charge in [0, 0.05) is 25.0 Å². The highest BCUT2D eigenvalue weighted by Gasteiger charge is 2.29.